The zero-order chi connectivity index (χ0) is 17.2. The molecule has 1 fully saturated rings. The number of nitrogens with two attached hydrogens (primary N) is 1. The summed E-state index contributed by atoms with van der Waals surface area (Å²) in [7, 11) is 0. The first kappa shape index (κ1) is 17.1. The van der Waals surface area contributed by atoms with Crippen molar-refractivity contribution < 1.29 is 22.4 Å². The van der Waals surface area contributed by atoms with Crippen LogP contribution >= 0.6 is 0 Å². The van der Waals surface area contributed by atoms with Crippen LogP contribution in [0.1, 0.15) is 30.4 Å². The third-order valence-electron chi connectivity index (χ3n) is 3.86. The standard InChI is InChI=1S/C15H15F4N3O/c16-12-5-10(7-20)13(6-11(12)15(17,18)19)22-3-1-2-9(8-22)4-14(21)23/h5-6,9H,1-4,8H2,(H2,21,23). The van der Waals surface area contributed by atoms with Crippen molar-refractivity contribution in [3.63, 3.8) is 0 Å². The lowest BCUT2D eigenvalue weighted by atomic mass is 9.93. The molecule has 0 saturated carbocycles. The summed E-state index contributed by atoms with van der Waals surface area (Å²) in [5.74, 6) is -2.04. The average molecular weight is 329 g/mol. The van der Waals surface area contributed by atoms with Gasteiger partial charge in [0.25, 0.3) is 0 Å². The minimum atomic E-state index is -4.84. The van der Waals surface area contributed by atoms with Gasteiger partial charge in [0.05, 0.1) is 16.8 Å². The Hall–Kier alpha value is -2.30. The summed E-state index contributed by atoms with van der Waals surface area (Å²) in [5, 5.41) is 9.08. The van der Waals surface area contributed by atoms with E-state index < -0.39 is 23.5 Å². The van der Waals surface area contributed by atoms with E-state index in [2.05, 4.69) is 0 Å². The number of amides is 1. The van der Waals surface area contributed by atoms with Crippen molar-refractivity contribution in [3.8, 4) is 6.07 Å². The molecule has 2 rings (SSSR count). The Bertz CT molecular complexity index is 651. The number of piperidine rings is 1. The van der Waals surface area contributed by atoms with Crippen LogP contribution in [0.2, 0.25) is 0 Å². The smallest absolute Gasteiger partial charge is 0.370 e. The largest absolute Gasteiger partial charge is 0.419 e. The highest BCUT2D eigenvalue weighted by Crippen LogP contribution is 2.37. The summed E-state index contributed by atoms with van der Waals surface area (Å²) >= 11 is 0. The van der Waals surface area contributed by atoms with Gasteiger partial charge in [-0.05, 0) is 30.9 Å². The van der Waals surface area contributed by atoms with Crippen LogP contribution in [0.5, 0.6) is 0 Å². The molecular formula is C15H15F4N3O. The van der Waals surface area contributed by atoms with Gasteiger partial charge in [-0.2, -0.15) is 18.4 Å². The van der Waals surface area contributed by atoms with E-state index in [1.807, 2.05) is 0 Å². The average Bonchev–Trinajstić information content (AvgIpc) is 2.45. The molecule has 1 heterocycles. The van der Waals surface area contributed by atoms with Crippen molar-refractivity contribution in [3.05, 3.63) is 29.1 Å². The van der Waals surface area contributed by atoms with Gasteiger partial charge in [0, 0.05) is 19.5 Å². The van der Waals surface area contributed by atoms with Crippen LogP contribution in [0.3, 0.4) is 0 Å². The van der Waals surface area contributed by atoms with Crippen LogP contribution in [-0.2, 0) is 11.0 Å². The maximum atomic E-state index is 13.6. The lowest BCUT2D eigenvalue weighted by Gasteiger charge is -2.34. The second kappa shape index (κ2) is 6.44. The molecule has 1 aliphatic heterocycles. The van der Waals surface area contributed by atoms with Gasteiger partial charge in [-0.1, -0.05) is 0 Å². The number of rotatable bonds is 3. The number of alkyl halides is 3. The van der Waals surface area contributed by atoms with E-state index in [-0.39, 0.29) is 23.6 Å². The van der Waals surface area contributed by atoms with Crippen molar-refractivity contribution in [1.29, 1.82) is 5.26 Å². The maximum Gasteiger partial charge on any atom is 0.419 e. The van der Waals surface area contributed by atoms with Crippen molar-refractivity contribution in [2.24, 2.45) is 11.7 Å². The molecule has 4 nitrogen and oxygen atoms in total. The second-order valence-electron chi connectivity index (χ2n) is 5.58. The van der Waals surface area contributed by atoms with E-state index in [9.17, 15) is 22.4 Å². The molecule has 0 aromatic heterocycles. The number of benzene rings is 1. The monoisotopic (exact) mass is 329 g/mol. The molecule has 1 saturated heterocycles. The Balaban J connectivity index is 2.37. The van der Waals surface area contributed by atoms with Crippen LogP contribution < -0.4 is 10.6 Å². The first-order valence-corrected chi connectivity index (χ1v) is 7.06. The van der Waals surface area contributed by atoms with E-state index in [0.717, 1.165) is 6.42 Å². The van der Waals surface area contributed by atoms with Crippen molar-refractivity contribution >= 4 is 11.6 Å². The number of anilines is 1. The van der Waals surface area contributed by atoms with Gasteiger partial charge in [0.15, 0.2) is 0 Å². The number of carbonyl (C=O) groups excluding carboxylic acids is 1. The molecule has 23 heavy (non-hydrogen) atoms. The lowest BCUT2D eigenvalue weighted by molar-refractivity contribution is -0.140. The Labute approximate surface area is 130 Å². The third kappa shape index (κ3) is 3.92. The van der Waals surface area contributed by atoms with Crippen molar-refractivity contribution in [2.45, 2.75) is 25.4 Å². The van der Waals surface area contributed by atoms with Crippen LogP contribution in [0.4, 0.5) is 23.2 Å². The molecule has 2 N–H and O–H groups in total. The van der Waals surface area contributed by atoms with Crippen LogP contribution in [0.25, 0.3) is 0 Å². The number of hydrogen-bond acceptors (Lipinski definition) is 3. The summed E-state index contributed by atoms with van der Waals surface area (Å²) in [6.07, 6.45) is -3.32. The molecule has 1 atom stereocenters. The predicted molar refractivity (Wildman–Crippen MR) is 74.9 cm³/mol. The number of primary amides is 1. The predicted octanol–water partition coefficient (Wildman–Crippen LogP) is 2.81. The number of nitrogens with zero attached hydrogens (tertiary/aromatic N) is 2. The van der Waals surface area contributed by atoms with E-state index in [1.54, 1.807) is 11.0 Å². The van der Waals surface area contributed by atoms with Gasteiger partial charge >= 0.3 is 6.18 Å². The van der Waals surface area contributed by atoms with Crippen molar-refractivity contribution in [2.75, 3.05) is 18.0 Å². The molecule has 124 valence electrons. The molecule has 1 unspecified atom stereocenters. The molecule has 1 amide bonds. The van der Waals surface area contributed by atoms with E-state index in [4.69, 9.17) is 11.0 Å². The van der Waals surface area contributed by atoms with Gasteiger partial charge in [-0.25, -0.2) is 4.39 Å². The molecule has 8 heteroatoms. The van der Waals surface area contributed by atoms with E-state index in [0.29, 0.717) is 31.6 Å². The van der Waals surface area contributed by atoms with Crippen LogP contribution in [0, 0.1) is 23.1 Å². The first-order valence-electron chi connectivity index (χ1n) is 7.06. The Kier molecular flexibility index (Phi) is 4.78. The van der Waals surface area contributed by atoms with Crippen LogP contribution in [0.15, 0.2) is 12.1 Å². The number of carbonyl (C=O) groups is 1. The van der Waals surface area contributed by atoms with Gasteiger partial charge < -0.3 is 10.6 Å². The molecule has 1 aromatic carbocycles. The molecule has 0 radical (unpaired) electrons. The summed E-state index contributed by atoms with van der Waals surface area (Å²) < 4.78 is 52.2. The molecule has 1 aromatic rings. The highest BCUT2D eigenvalue weighted by Gasteiger charge is 2.36. The Morgan fingerprint density at radius 1 is 1.43 bits per heavy atom. The summed E-state index contributed by atoms with van der Waals surface area (Å²) in [6.45, 7) is 0.743. The Morgan fingerprint density at radius 2 is 2.13 bits per heavy atom. The molecule has 0 spiro atoms. The van der Waals surface area contributed by atoms with E-state index >= 15 is 0 Å². The number of hydrogen-bond donors (Lipinski definition) is 1. The third-order valence-corrected chi connectivity index (χ3v) is 3.86. The highest BCUT2D eigenvalue weighted by molar-refractivity contribution is 5.74. The fourth-order valence-corrected chi connectivity index (χ4v) is 2.87. The fourth-order valence-electron chi connectivity index (χ4n) is 2.87. The molecule has 0 bridgehead atoms. The Morgan fingerprint density at radius 3 is 2.70 bits per heavy atom. The maximum absolute atomic E-state index is 13.6. The number of halogens is 4. The van der Waals surface area contributed by atoms with E-state index in [1.165, 1.54) is 0 Å². The minimum Gasteiger partial charge on any atom is -0.370 e. The van der Waals surface area contributed by atoms with Crippen LogP contribution in [-0.4, -0.2) is 19.0 Å². The first-order chi connectivity index (χ1) is 10.7. The molecule has 0 aliphatic carbocycles. The number of nitriles is 1. The van der Waals surface area contributed by atoms with Gasteiger partial charge in [-0.3, -0.25) is 4.79 Å². The summed E-state index contributed by atoms with van der Waals surface area (Å²) in [5.41, 5.74) is 3.64. The summed E-state index contributed by atoms with van der Waals surface area (Å²) in [4.78, 5) is 12.6. The van der Waals surface area contributed by atoms with Gasteiger partial charge in [0.2, 0.25) is 5.91 Å². The normalized spacial score (nSPS) is 18.6. The SMILES string of the molecule is N#Cc1cc(F)c(C(F)(F)F)cc1N1CCCC(CC(N)=O)C1. The highest BCUT2D eigenvalue weighted by atomic mass is 19.4. The zero-order valence-electron chi connectivity index (χ0n) is 12.2. The van der Waals surface area contributed by atoms with Gasteiger partial charge in [0.1, 0.15) is 11.9 Å². The topological polar surface area (TPSA) is 70.1 Å². The quantitative estimate of drug-likeness (QED) is 0.867. The summed E-state index contributed by atoms with van der Waals surface area (Å²) in [6, 6.07) is 3.00. The lowest BCUT2D eigenvalue weighted by Crippen LogP contribution is -2.37. The second-order valence-corrected chi connectivity index (χ2v) is 5.58. The molecule has 1 aliphatic rings. The van der Waals surface area contributed by atoms with Gasteiger partial charge in [-0.15, -0.1) is 0 Å². The molecular weight excluding hydrogens is 314 g/mol. The zero-order valence-corrected chi connectivity index (χ0v) is 12.2. The van der Waals surface area contributed by atoms with Crippen molar-refractivity contribution in [1.82, 2.24) is 0 Å². The minimum absolute atomic E-state index is 0.0374. The fraction of sp³-hybridized carbons (Fsp3) is 0.467.